The van der Waals surface area contributed by atoms with Gasteiger partial charge >= 0.3 is 0 Å². The molecule has 0 radical (unpaired) electrons. The second-order valence-electron chi connectivity index (χ2n) is 5.07. The van der Waals surface area contributed by atoms with Crippen molar-refractivity contribution in [3.63, 3.8) is 0 Å². The third kappa shape index (κ3) is 5.65. The SMILES string of the molecule is CCCOc1ccc(OCCCC(C#N)(CC)NC)cc1. The van der Waals surface area contributed by atoms with E-state index in [-0.39, 0.29) is 0 Å². The molecule has 0 saturated carbocycles. The van der Waals surface area contributed by atoms with Crippen LogP contribution in [0.3, 0.4) is 0 Å². The molecule has 0 aromatic heterocycles. The summed E-state index contributed by atoms with van der Waals surface area (Å²) in [6.45, 7) is 5.45. The van der Waals surface area contributed by atoms with E-state index in [1.807, 2.05) is 38.2 Å². The number of rotatable bonds is 10. The molecular formula is C17H26N2O2. The van der Waals surface area contributed by atoms with E-state index in [4.69, 9.17) is 9.47 Å². The average Bonchev–Trinajstić information content (AvgIpc) is 2.55. The fraction of sp³-hybridized carbons (Fsp3) is 0.588. The van der Waals surface area contributed by atoms with Crippen LogP contribution in [-0.2, 0) is 0 Å². The molecule has 0 aliphatic carbocycles. The van der Waals surface area contributed by atoms with E-state index in [9.17, 15) is 5.26 Å². The largest absolute Gasteiger partial charge is 0.494 e. The van der Waals surface area contributed by atoms with Crippen LogP contribution in [0.5, 0.6) is 11.5 Å². The minimum absolute atomic E-state index is 0.429. The molecule has 1 unspecified atom stereocenters. The van der Waals surface area contributed by atoms with Crippen LogP contribution in [-0.4, -0.2) is 25.8 Å². The summed E-state index contributed by atoms with van der Waals surface area (Å²) in [4.78, 5) is 0. The molecule has 1 aromatic rings. The van der Waals surface area contributed by atoms with Crippen molar-refractivity contribution in [3.05, 3.63) is 24.3 Å². The summed E-state index contributed by atoms with van der Waals surface area (Å²) in [5.74, 6) is 1.70. The van der Waals surface area contributed by atoms with Crippen LogP contribution >= 0.6 is 0 Å². The Morgan fingerprint density at radius 3 is 2.10 bits per heavy atom. The van der Waals surface area contributed by atoms with E-state index in [1.165, 1.54) is 0 Å². The third-order valence-electron chi connectivity index (χ3n) is 3.61. The smallest absolute Gasteiger partial charge is 0.119 e. The molecule has 4 heteroatoms. The van der Waals surface area contributed by atoms with Gasteiger partial charge in [-0.1, -0.05) is 13.8 Å². The van der Waals surface area contributed by atoms with Crippen LogP contribution in [0.4, 0.5) is 0 Å². The lowest BCUT2D eigenvalue weighted by molar-refractivity contribution is 0.280. The minimum Gasteiger partial charge on any atom is -0.494 e. The van der Waals surface area contributed by atoms with Crippen LogP contribution in [0, 0.1) is 11.3 Å². The molecule has 0 aliphatic heterocycles. The highest BCUT2D eigenvalue weighted by Crippen LogP contribution is 2.19. The quantitative estimate of drug-likeness (QED) is 0.670. The number of hydrogen-bond donors (Lipinski definition) is 1. The first kappa shape index (κ1) is 17.3. The lowest BCUT2D eigenvalue weighted by Crippen LogP contribution is -2.41. The number of nitriles is 1. The molecule has 4 nitrogen and oxygen atoms in total. The van der Waals surface area contributed by atoms with Gasteiger partial charge in [-0.2, -0.15) is 5.26 Å². The predicted molar refractivity (Wildman–Crippen MR) is 84.7 cm³/mol. The van der Waals surface area contributed by atoms with Crippen LogP contribution in [0.2, 0.25) is 0 Å². The monoisotopic (exact) mass is 290 g/mol. The van der Waals surface area contributed by atoms with Gasteiger partial charge < -0.3 is 14.8 Å². The van der Waals surface area contributed by atoms with Gasteiger partial charge in [0.2, 0.25) is 0 Å². The molecule has 0 amide bonds. The molecule has 116 valence electrons. The topological polar surface area (TPSA) is 54.3 Å². The van der Waals surface area contributed by atoms with Gasteiger partial charge in [0.05, 0.1) is 19.3 Å². The van der Waals surface area contributed by atoms with Crippen LogP contribution in [0.25, 0.3) is 0 Å². The van der Waals surface area contributed by atoms with Gasteiger partial charge in [0.25, 0.3) is 0 Å². The number of nitrogens with one attached hydrogen (secondary N) is 1. The Balaban J connectivity index is 2.34. The molecular weight excluding hydrogens is 264 g/mol. The second kappa shape index (κ2) is 9.25. The highest BCUT2D eigenvalue weighted by Gasteiger charge is 2.24. The Morgan fingerprint density at radius 1 is 1.10 bits per heavy atom. The minimum atomic E-state index is -0.429. The van der Waals surface area contributed by atoms with E-state index in [0.29, 0.717) is 6.61 Å². The van der Waals surface area contributed by atoms with Crippen molar-refractivity contribution in [1.82, 2.24) is 5.32 Å². The zero-order chi connectivity index (χ0) is 15.6. The predicted octanol–water partition coefficient (Wildman–Crippen LogP) is 3.53. The number of benzene rings is 1. The lowest BCUT2D eigenvalue weighted by atomic mass is 9.92. The van der Waals surface area contributed by atoms with Gasteiger partial charge in [-0.3, -0.25) is 0 Å². The summed E-state index contributed by atoms with van der Waals surface area (Å²) in [5.41, 5.74) is -0.429. The molecule has 0 heterocycles. The summed E-state index contributed by atoms with van der Waals surface area (Å²) in [6.07, 6.45) is 3.43. The summed E-state index contributed by atoms with van der Waals surface area (Å²) in [7, 11) is 1.84. The molecule has 0 saturated heterocycles. The fourth-order valence-corrected chi connectivity index (χ4v) is 2.09. The Morgan fingerprint density at radius 2 is 1.67 bits per heavy atom. The molecule has 1 atom stereocenters. The van der Waals surface area contributed by atoms with E-state index in [0.717, 1.165) is 43.8 Å². The third-order valence-corrected chi connectivity index (χ3v) is 3.61. The average molecular weight is 290 g/mol. The molecule has 0 fully saturated rings. The summed E-state index contributed by atoms with van der Waals surface area (Å²) < 4.78 is 11.2. The van der Waals surface area contributed by atoms with Crippen molar-refractivity contribution in [2.24, 2.45) is 0 Å². The molecule has 1 N–H and O–H groups in total. The van der Waals surface area contributed by atoms with Crippen molar-refractivity contribution in [2.45, 2.75) is 45.1 Å². The highest BCUT2D eigenvalue weighted by atomic mass is 16.5. The zero-order valence-corrected chi connectivity index (χ0v) is 13.3. The van der Waals surface area contributed by atoms with Gasteiger partial charge in [-0.25, -0.2) is 0 Å². The van der Waals surface area contributed by atoms with Crippen LogP contribution in [0.1, 0.15) is 39.5 Å². The first-order valence-corrected chi connectivity index (χ1v) is 7.65. The van der Waals surface area contributed by atoms with Crippen LogP contribution < -0.4 is 14.8 Å². The maximum atomic E-state index is 9.23. The number of nitrogens with zero attached hydrogens (tertiary/aromatic N) is 1. The van der Waals surface area contributed by atoms with Gasteiger partial charge in [0.15, 0.2) is 0 Å². The maximum absolute atomic E-state index is 9.23. The molecule has 0 aliphatic rings. The Kier molecular flexibility index (Phi) is 7.63. The molecule has 21 heavy (non-hydrogen) atoms. The summed E-state index contributed by atoms with van der Waals surface area (Å²) in [5, 5.41) is 12.3. The number of hydrogen-bond acceptors (Lipinski definition) is 4. The summed E-state index contributed by atoms with van der Waals surface area (Å²) in [6, 6.07) is 10.0. The summed E-state index contributed by atoms with van der Waals surface area (Å²) >= 11 is 0. The van der Waals surface area contributed by atoms with Gasteiger partial charge in [0, 0.05) is 0 Å². The van der Waals surface area contributed by atoms with Crippen molar-refractivity contribution in [2.75, 3.05) is 20.3 Å². The Labute approximate surface area is 128 Å². The molecule has 0 spiro atoms. The van der Waals surface area contributed by atoms with Gasteiger partial charge in [-0.15, -0.1) is 0 Å². The fourth-order valence-electron chi connectivity index (χ4n) is 2.09. The first-order valence-electron chi connectivity index (χ1n) is 7.65. The molecule has 1 aromatic carbocycles. The Bertz CT molecular complexity index is 433. The van der Waals surface area contributed by atoms with E-state index < -0.39 is 5.54 Å². The van der Waals surface area contributed by atoms with Gasteiger partial charge in [-0.05, 0) is 57.0 Å². The maximum Gasteiger partial charge on any atom is 0.119 e. The second-order valence-corrected chi connectivity index (χ2v) is 5.07. The van der Waals surface area contributed by atoms with Gasteiger partial charge in [0.1, 0.15) is 17.0 Å². The van der Waals surface area contributed by atoms with E-state index in [1.54, 1.807) is 0 Å². The normalized spacial score (nSPS) is 13.2. The van der Waals surface area contributed by atoms with Crippen molar-refractivity contribution in [3.8, 4) is 17.6 Å². The lowest BCUT2D eigenvalue weighted by Gasteiger charge is -2.24. The van der Waals surface area contributed by atoms with Crippen molar-refractivity contribution < 1.29 is 9.47 Å². The number of ether oxygens (including phenoxy) is 2. The van der Waals surface area contributed by atoms with E-state index in [2.05, 4.69) is 18.3 Å². The molecule has 0 bridgehead atoms. The molecule has 1 rings (SSSR count). The standard InChI is InChI=1S/C17H26N2O2/c1-4-12-20-15-7-9-16(10-8-15)21-13-6-11-17(5-2,14-18)19-3/h7-10,19H,4-6,11-13H2,1-3H3. The van der Waals surface area contributed by atoms with E-state index >= 15 is 0 Å². The van der Waals surface area contributed by atoms with Crippen LogP contribution in [0.15, 0.2) is 24.3 Å². The Hall–Kier alpha value is -1.73. The van der Waals surface area contributed by atoms with Crippen molar-refractivity contribution in [1.29, 1.82) is 5.26 Å². The first-order chi connectivity index (χ1) is 10.2. The van der Waals surface area contributed by atoms with Crippen molar-refractivity contribution >= 4 is 0 Å². The zero-order valence-electron chi connectivity index (χ0n) is 13.3. The highest BCUT2D eigenvalue weighted by molar-refractivity contribution is 5.31.